The molecule has 0 bridgehead atoms. The molecule has 1 fully saturated rings. The van der Waals surface area contributed by atoms with Crippen LogP contribution in [0.1, 0.15) is 27.2 Å². The van der Waals surface area contributed by atoms with E-state index in [-0.39, 0.29) is 32.0 Å². The number of carbonyl (C=O) groups excluding carboxylic acids is 2. The zero-order valence-corrected chi connectivity index (χ0v) is 13.5. The van der Waals surface area contributed by atoms with Crippen LogP contribution < -0.4 is 5.32 Å². The van der Waals surface area contributed by atoms with E-state index in [1.165, 1.54) is 23.6 Å². The number of hydrogen-bond donors (Lipinski definition) is 1. The van der Waals surface area contributed by atoms with Gasteiger partial charge in [-0.05, 0) is 18.8 Å². The second-order valence-corrected chi connectivity index (χ2v) is 6.36. The predicted octanol–water partition coefficient (Wildman–Crippen LogP) is 2.08. The Balaban J connectivity index is 2.58. The first-order valence-electron chi connectivity index (χ1n) is 7.32. The summed E-state index contributed by atoms with van der Waals surface area (Å²) >= 11 is 0. The van der Waals surface area contributed by atoms with E-state index < -0.39 is 23.5 Å². The smallest absolute Gasteiger partial charge is 0.345 e. The molecule has 0 aromatic heterocycles. The first-order valence-corrected chi connectivity index (χ1v) is 7.32. The van der Waals surface area contributed by atoms with Crippen LogP contribution in [0.15, 0.2) is 0 Å². The van der Waals surface area contributed by atoms with Gasteiger partial charge in [-0.15, -0.1) is 0 Å². The second-order valence-electron chi connectivity index (χ2n) is 6.36. The van der Waals surface area contributed by atoms with Gasteiger partial charge in [0, 0.05) is 26.7 Å². The van der Waals surface area contributed by atoms with Crippen molar-refractivity contribution >= 4 is 11.9 Å². The van der Waals surface area contributed by atoms with Crippen molar-refractivity contribution in [2.75, 3.05) is 33.2 Å². The van der Waals surface area contributed by atoms with Gasteiger partial charge in [-0.3, -0.25) is 4.79 Å². The molecule has 1 heterocycles. The number of urea groups is 1. The molecule has 3 amide bonds. The molecule has 0 aliphatic carbocycles. The highest BCUT2D eigenvalue weighted by Gasteiger charge is 2.51. The summed E-state index contributed by atoms with van der Waals surface area (Å²) in [6.07, 6.45) is -4.38. The second kappa shape index (κ2) is 6.75. The minimum Gasteiger partial charge on any atom is -0.345 e. The number of amides is 3. The van der Waals surface area contributed by atoms with Crippen molar-refractivity contribution in [3.63, 3.8) is 0 Å². The fourth-order valence-corrected chi connectivity index (χ4v) is 2.71. The summed E-state index contributed by atoms with van der Waals surface area (Å²) < 4.78 is 38.9. The SMILES string of the molecule is CCN(C)C(=O)CNC(=O)N1CC[C@H](C(F)(F)F)C(C)(C)C1. The third kappa shape index (κ3) is 4.51. The topological polar surface area (TPSA) is 52.7 Å². The number of piperidine rings is 1. The van der Waals surface area contributed by atoms with Gasteiger partial charge >= 0.3 is 12.2 Å². The lowest BCUT2D eigenvalue weighted by atomic mass is 9.73. The Morgan fingerprint density at radius 3 is 2.41 bits per heavy atom. The van der Waals surface area contributed by atoms with Crippen molar-refractivity contribution in [2.45, 2.75) is 33.4 Å². The van der Waals surface area contributed by atoms with E-state index in [2.05, 4.69) is 5.32 Å². The highest BCUT2D eigenvalue weighted by Crippen LogP contribution is 2.44. The summed E-state index contributed by atoms with van der Waals surface area (Å²) in [6, 6.07) is -0.494. The zero-order valence-electron chi connectivity index (χ0n) is 13.5. The lowest BCUT2D eigenvalue weighted by Crippen LogP contribution is -2.55. The maximum atomic E-state index is 13.0. The summed E-state index contributed by atoms with van der Waals surface area (Å²) in [5, 5.41) is 2.47. The van der Waals surface area contributed by atoms with Gasteiger partial charge in [-0.2, -0.15) is 13.2 Å². The number of alkyl halides is 3. The molecule has 128 valence electrons. The lowest BCUT2D eigenvalue weighted by molar-refractivity contribution is -0.214. The summed E-state index contributed by atoms with van der Waals surface area (Å²) in [7, 11) is 1.62. The molecule has 22 heavy (non-hydrogen) atoms. The molecule has 0 aromatic carbocycles. The van der Waals surface area contributed by atoms with Gasteiger partial charge in [0.1, 0.15) is 0 Å². The molecule has 0 unspecified atom stereocenters. The van der Waals surface area contributed by atoms with Gasteiger partial charge in [0.15, 0.2) is 0 Å². The molecule has 1 N–H and O–H groups in total. The molecule has 0 saturated carbocycles. The molecule has 1 rings (SSSR count). The van der Waals surface area contributed by atoms with E-state index in [4.69, 9.17) is 0 Å². The van der Waals surface area contributed by atoms with Crippen LogP contribution in [0.25, 0.3) is 0 Å². The Morgan fingerprint density at radius 1 is 1.36 bits per heavy atom. The van der Waals surface area contributed by atoms with Gasteiger partial charge in [0.2, 0.25) is 5.91 Å². The summed E-state index contributed by atoms with van der Waals surface area (Å²) in [6.45, 7) is 5.27. The number of rotatable bonds is 3. The van der Waals surface area contributed by atoms with Crippen molar-refractivity contribution in [3.05, 3.63) is 0 Å². The van der Waals surface area contributed by atoms with Gasteiger partial charge in [-0.25, -0.2) is 4.79 Å². The summed E-state index contributed by atoms with van der Waals surface area (Å²) in [5.74, 6) is -1.66. The van der Waals surface area contributed by atoms with Crippen LogP contribution in [0.3, 0.4) is 0 Å². The molecular formula is C14H24F3N3O2. The van der Waals surface area contributed by atoms with E-state index >= 15 is 0 Å². The Bertz CT molecular complexity index is 424. The van der Waals surface area contributed by atoms with Gasteiger partial charge in [0.05, 0.1) is 12.5 Å². The molecule has 1 aliphatic rings. The fourth-order valence-electron chi connectivity index (χ4n) is 2.71. The number of nitrogens with one attached hydrogen (secondary N) is 1. The third-order valence-electron chi connectivity index (χ3n) is 4.20. The Hall–Kier alpha value is -1.47. The van der Waals surface area contributed by atoms with Gasteiger partial charge in [0.25, 0.3) is 0 Å². The average molecular weight is 323 g/mol. The van der Waals surface area contributed by atoms with Crippen LogP contribution in [0.5, 0.6) is 0 Å². The first kappa shape index (κ1) is 18.6. The standard InChI is InChI=1S/C14H24F3N3O2/c1-5-19(4)11(21)8-18-12(22)20-7-6-10(14(15,16)17)13(2,3)9-20/h10H,5-9H2,1-4H3,(H,18,22)/t10-/m0/s1. The van der Waals surface area contributed by atoms with E-state index in [0.717, 1.165) is 0 Å². The minimum absolute atomic E-state index is 0.0147. The summed E-state index contributed by atoms with van der Waals surface area (Å²) in [5.41, 5.74) is -1.04. The fraction of sp³-hybridized carbons (Fsp3) is 0.857. The monoisotopic (exact) mass is 323 g/mol. The molecule has 8 heteroatoms. The Labute approximate surface area is 128 Å². The molecule has 0 radical (unpaired) electrons. The minimum atomic E-state index is -4.26. The third-order valence-corrected chi connectivity index (χ3v) is 4.20. The highest BCUT2D eigenvalue weighted by molar-refractivity contribution is 5.83. The van der Waals surface area contributed by atoms with E-state index in [0.29, 0.717) is 6.54 Å². The average Bonchev–Trinajstić information content (AvgIpc) is 2.40. The summed E-state index contributed by atoms with van der Waals surface area (Å²) in [4.78, 5) is 26.4. The van der Waals surface area contributed by atoms with Crippen molar-refractivity contribution in [3.8, 4) is 0 Å². The van der Waals surface area contributed by atoms with Crippen LogP contribution in [-0.2, 0) is 4.79 Å². The number of carbonyl (C=O) groups is 2. The van der Waals surface area contributed by atoms with E-state index in [9.17, 15) is 22.8 Å². The van der Waals surface area contributed by atoms with Crippen molar-refractivity contribution < 1.29 is 22.8 Å². The molecule has 1 aliphatic heterocycles. The number of likely N-dealkylation sites (N-methyl/N-ethyl adjacent to an activating group) is 1. The maximum absolute atomic E-state index is 13.0. The van der Waals surface area contributed by atoms with Crippen molar-refractivity contribution in [2.24, 2.45) is 11.3 Å². The van der Waals surface area contributed by atoms with E-state index in [1.807, 2.05) is 6.92 Å². The first-order chi connectivity index (χ1) is 9.99. The van der Waals surface area contributed by atoms with Crippen LogP contribution in [-0.4, -0.2) is 61.1 Å². The molecule has 5 nitrogen and oxygen atoms in total. The quantitative estimate of drug-likeness (QED) is 0.864. The molecule has 1 saturated heterocycles. The van der Waals surface area contributed by atoms with Crippen LogP contribution in [0.2, 0.25) is 0 Å². The van der Waals surface area contributed by atoms with Gasteiger partial charge in [-0.1, -0.05) is 13.8 Å². The van der Waals surface area contributed by atoms with Crippen LogP contribution in [0, 0.1) is 11.3 Å². The van der Waals surface area contributed by atoms with Crippen molar-refractivity contribution in [1.29, 1.82) is 0 Å². The Kier molecular flexibility index (Phi) is 5.70. The largest absolute Gasteiger partial charge is 0.392 e. The van der Waals surface area contributed by atoms with Gasteiger partial charge < -0.3 is 15.1 Å². The normalized spacial score (nSPS) is 21.4. The molecule has 0 aromatic rings. The zero-order chi connectivity index (χ0) is 17.1. The number of nitrogens with zero attached hydrogens (tertiary/aromatic N) is 2. The van der Waals surface area contributed by atoms with E-state index in [1.54, 1.807) is 7.05 Å². The number of likely N-dealkylation sites (tertiary alicyclic amines) is 1. The maximum Gasteiger partial charge on any atom is 0.392 e. The molecule has 1 atom stereocenters. The highest BCUT2D eigenvalue weighted by atomic mass is 19.4. The Morgan fingerprint density at radius 2 is 1.95 bits per heavy atom. The van der Waals surface area contributed by atoms with Crippen LogP contribution in [0.4, 0.5) is 18.0 Å². The molecular weight excluding hydrogens is 299 g/mol. The molecule has 0 spiro atoms. The number of hydrogen-bond acceptors (Lipinski definition) is 2. The predicted molar refractivity (Wildman–Crippen MR) is 76.2 cm³/mol. The van der Waals surface area contributed by atoms with Crippen molar-refractivity contribution in [1.82, 2.24) is 15.1 Å². The number of halogens is 3. The lowest BCUT2D eigenvalue weighted by Gasteiger charge is -2.44. The van der Waals surface area contributed by atoms with Crippen LogP contribution >= 0.6 is 0 Å².